The number of hydrogen-bond donors (Lipinski definition) is 2. The predicted molar refractivity (Wildman–Crippen MR) is 96.7 cm³/mol. The Labute approximate surface area is 150 Å². The number of hydrogen-bond acceptors (Lipinski definition) is 3. The van der Waals surface area contributed by atoms with Gasteiger partial charge in [0.25, 0.3) is 5.91 Å². The van der Waals surface area contributed by atoms with Crippen LogP contribution in [0, 0.1) is 11.7 Å². The molecule has 136 valence electrons. The molecule has 26 heavy (non-hydrogen) atoms. The number of aromatic nitrogens is 3. The second-order valence-electron chi connectivity index (χ2n) is 7.70. The maximum Gasteiger partial charge on any atom is 0.251 e. The maximum absolute atomic E-state index is 13.8. The average Bonchev–Trinajstić information content (AvgIpc) is 3.22. The van der Waals surface area contributed by atoms with Crippen molar-refractivity contribution in [1.82, 2.24) is 19.5 Å². The Morgan fingerprint density at radius 1 is 1.27 bits per heavy atom. The molecule has 7 heteroatoms. The van der Waals surface area contributed by atoms with Crippen LogP contribution in [0.5, 0.6) is 0 Å². The first-order valence-electron chi connectivity index (χ1n) is 9.31. The lowest BCUT2D eigenvalue weighted by Gasteiger charge is -2.31. The van der Waals surface area contributed by atoms with E-state index < -0.39 is 11.7 Å². The molecule has 1 amide bonds. The molecule has 2 aliphatic rings. The van der Waals surface area contributed by atoms with Crippen molar-refractivity contribution >= 4 is 22.6 Å². The van der Waals surface area contributed by atoms with Crippen molar-refractivity contribution in [1.29, 1.82) is 0 Å². The van der Waals surface area contributed by atoms with Crippen molar-refractivity contribution in [2.45, 2.75) is 31.6 Å². The summed E-state index contributed by atoms with van der Waals surface area (Å²) in [5.41, 5.74) is 8.51. The van der Waals surface area contributed by atoms with Crippen LogP contribution in [0.3, 0.4) is 0 Å². The zero-order valence-electron chi connectivity index (χ0n) is 14.5. The Bertz CT molecular complexity index is 994. The van der Waals surface area contributed by atoms with Gasteiger partial charge in [0.15, 0.2) is 5.65 Å². The van der Waals surface area contributed by atoms with Crippen molar-refractivity contribution in [2.24, 2.45) is 11.7 Å². The molecule has 0 spiro atoms. The van der Waals surface area contributed by atoms with Crippen molar-refractivity contribution in [2.75, 3.05) is 19.6 Å². The average molecular weight is 355 g/mol. The largest absolute Gasteiger partial charge is 0.366 e. The van der Waals surface area contributed by atoms with Gasteiger partial charge < -0.3 is 10.6 Å². The number of likely N-dealkylation sites (tertiary alicyclic amines) is 1. The molecule has 5 rings (SSSR count). The van der Waals surface area contributed by atoms with Gasteiger partial charge in [0.2, 0.25) is 0 Å². The molecule has 1 aliphatic carbocycles. The van der Waals surface area contributed by atoms with Crippen LogP contribution in [-0.2, 0) is 0 Å². The van der Waals surface area contributed by atoms with E-state index in [1.165, 1.54) is 31.5 Å². The van der Waals surface area contributed by atoms with Crippen LogP contribution in [0.25, 0.3) is 16.7 Å². The molecular weight excluding hydrogens is 333 g/mol. The van der Waals surface area contributed by atoms with Gasteiger partial charge in [-0.15, -0.1) is 0 Å². The van der Waals surface area contributed by atoms with Crippen LogP contribution in [0.4, 0.5) is 4.39 Å². The van der Waals surface area contributed by atoms with Crippen molar-refractivity contribution in [3.63, 3.8) is 0 Å². The molecule has 3 N–H and O–H groups in total. The van der Waals surface area contributed by atoms with Crippen LogP contribution in [-0.4, -0.2) is 45.0 Å². The summed E-state index contributed by atoms with van der Waals surface area (Å²) in [6, 6.07) is 2.53. The van der Waals surface area contributed by atoms with Crippen LogP contribution < -0.4 is 5.73 Å². The van der Waals surface area contributed by atoms with Crippen molar-refractivity contribution in [3.8, 4) is 0 Å². The highest BCUT2D eigenvalue weighted by Crippen LogP contribution is 2.35. The number of carbonyl (C=O) groups excluding carboxylic acids is 1. The van der Waals surface area contributed by atoms with E-state index in [2.05, 4.69) is 15.0 Å². The molecule has 0 unspecified atom stereocenters. The van der Waals surface area contributed by atoms with Gasteiger partial charge in [0, 0.05) is 24.4 Å². The fraction of sp³-hybridized carbons (Fsp3) is 0.474. The third-order valence-electron chi connectivity index (χ3n) is 5.83. The van der Waals surface area contributed by atoms with Gasteiger partial charge in [0.05, 0.1) is 11.1 Å². The Balaban J connectivity index is 1.49. The van der Waals surface area contributed by atoms with Crippen molar-refractivity contribution in [3.05, 3.63) is 35.3 Å². The molecule has 2 aromatic heterocycles. The number of amides is 1. The number of aromatic amines is 1. The zero-order chi connectivity index (χ0) is 17.8. The Kier molecular flexibility index (Phi) is 3.53. The van der Waals surface area contributed by atoms with E-state index in [0.29, 0.717) is 17.0 Å². The highest BCUT2D eigenvalue weighted by atomic mass is 19.1. The first kappa shape index (κ1) is 15.8. The number of piperidine rings is 1. The van der Waals surface area contributed by atoms with Crippen LogP contribution >= 0.6 is 0 Å². The standard InChI is InChI=1S/C19H22FN5O/c20-13-7-14(18(21)26)17-16(8-13)23-19-15(9-22-25(17)19)12-3-5-24(6-4-12)10-11-1-2-11/h7-9,11-12,22H,1-6,10H2,(H2,21,26). The fourth-order valence-corrected chi connectivity index (χ4v) is 4.27. The number of nitrogens with zero attached hydrogens (tertiary/aromatic N) is 3. The van der Waals surface area contributed by atoms with E-state index in [0.717, 1.165) is 43.1 Å². The summed E-state index contributed by atoms with van der Waals surface area (Å²) in [6.07, 6.45) is 6.94. The summed E-state index contributed by atoms with van der Waals surface area (Å²) >= 11 is 0. The molecule has 6 nitrogen and oxygen atoms in total. The monoisotopic (exact) mass is 355 g/mol. The van der Waals surface area contributed by atoms with Crippen LogP contribution in [0.15, 0.2) is 18.3 Å². The lowest BCUT2D eigenvalue weighted by Crippen LogP contribution is -2.34. The quantitative estimate of drug-likeness (QED) is 0.755. The zero-order valence-corrected chi connectivity index (χ0v) is 14.5. The van der Waals surface area contributed by atoms with E-state index in [1.54, 1.807) is 4.52 Å². The number of nitrogens with two attached hydrogens (primary N) is 1. The lowest BCUT2D eigenvalue weighted by atomic mass is 9.91. The van der Waals surface area contributed by atoms with Crippen LogP contribution in [0.1, 0.15) is 47.5 Å². The molecular formula is C19H22FN5O. The highest BCUT2D eigenvalue weighted by Gasteiger charge is 2.29. The smallest absolute Gasteiger partial charge is 0.251 e. The molecule has 1 aromatic carbocycles. The predicted octanol–water partition coefficient (Wildman–Crippen LogP) is 2.64. The second kappa shape index (κ2) is 5.81. The number of benzene rings is 1. The first-order valence-corrected chi connectivity index (χ1v) is 9.31. The summed E-state index contributed by atoms with van der Waals surface area (Å²) in [6.45, 7) is 3.46. The Morgan fingerprint density at radius 2 is 2.04 bits per heavy atom. The Morgan fingerprint density at radius 3 is 2.73 bits per heavy atom. The number of imidazole rings is 1. The first-order chi connectivity index (χ1) is 12.6. The van der Waals surface area contributed by atoms with E-state index in [9.17, 15) is 9.18 Å². The third kappa shape index (κ3) is 2.58. The van der Waals surface area contributed by atoms with Gasteiger partial charge in [-0.1, -0.05) is 0 Å². The van der Waals surface area contributed by atoms with E-state index in [-0.39, 0.29) is 5.56 Å². The highest BCUT2D eigenvalue weighted by molar-refractivity contribution is 6.05. The summed E-state index contributed by atoms with van der Waals surface area (Å²) in [4.78, 5) is 18.9. The lowest BCUT2D eigenvalue weighted by molar-refractivity contribution is 0.100. The topological polar surface area (TPSA) is 79.4 Å². The summed E-state index contributed by atoms with van der Waals surface area (Å²) in [7, 11) is 0. The number of carbonyl (C=O) groups is 1. The summed E-state index contributed by atoms with van der Waals surface area (Å²) in [5, 5.41) is 3.19. The van der Waals surface area contributed by atoms with Crippen molar-refractivity contribution < 1.29 is 9.18 Å². The molecule has 1 saturated heterocycles. The number of fused-ring (bicyclic) bond motifs is 3. The number of nitrogens with one attached hydrogen (secondary N) is 1. The normalized spacial score (nSPS) is 19.6. The molecule has 0 atom stereocenters. The van der Waals surface area contributed by atoms with E-state index >= 15 is 0 Å². The SMILES string of the molecule is NC(=O)c1cc(F)cc2nc3c(C4CCN(CC5CC5)CC4)c[nH]n3c12. The molecule has 1 aliphatic heterocycles. The molecule has 2 fully saturated rings. The summed E-state index contributed by atoms with van der Waals surface area (Å²) < 4.78 is 15.6. The third-order valence-corrected chi connectivity index (χ3v) is 5.83. The van der Waals surface area contributed by atoms with E-state index in [1.807, 2.05) is 6.20 Å². The fourth-order valence-electron chi connectivity index (χ4n) is 4.27. The number of H-pyrrole nitrogens is 1. The molecule has 0 bridgehead atoms. The van der Waals surface area contributed by atoms with Gasteiger partial charge in [-0.2, -0.15) is 0 Å². The summed E-state index contributed by atoms with van der Waals surface area (Å²) in [5.74, 6) is 0.200. The second-order valence-corrected chi connectivity index (χ2v) is 7.70. The van der Waals surface area contributed by atoms with Crippen LogP contribution in [0.2, 0.25) is 0 Å². The van der Waals surface area contributed by atoms with Gasteiger partial charge in [-0.25, -0.2) is 13.9 Å². The minimum absolute atomic E-state index is 0.153. The molecule has 3 heterocycles. The maximum atomic E-state index is 13.8. The van der Waals surface area contributed by atoms with Gasteiger partial charge in [-0.3, -0.25) is 9.89 Å². The minimum atomic E-state index is -0.652. The number of rotatable bonds is 4. The van der Waals surface area contributed by atoms with E-state index in [4.69, 9.17) is 5.73 Å². The molecule has 0 radical (unpaired) electrons. The van der Waals surface area contributed by atoms with Gasteiger partial charge in [-0.05, 0) is 56.7 Å². The molecule has 3 aromatic rings. The minimum Gasteiger partial charge on any atom is -0.366 e. The molecule has 1 saturated carbocycles. The number of primary amides is 1. The Hall–Kier alpha value is -2.41. The van der Waals surface area contributed by atoms with Gasteiger partial charge in [0.1, 0.15) is 11.3 Å². The van der Waals surface area contributed by atoms with Gasteiger partial charge >= 0.3 is 0 Å². The number of halogens is 1.